The van der Waals surface area contributed by atoms with E-state index < -0.39 is 0 Å². The van der Waals surface area contributed by atoms with E-state index in [-0.39, 0.29) is 5.91 Å². The van der Waals surface area contributed by atoms with Crippen LogP contribution in [0.1, 0.15) is 28.3 Å². The Kier molecular flexibility index (Phi) is 6.57. The third-order valence-electron chi connectivity index (χ3n) is 5.55. The minimum absolute atomic E-state index is 0.0457. The smallest absolute Gasteiger partial charge is 0.270 e. The summed E-state index contributed by atoms with van der Waals surface area (Å²) in [5, 5.41) is 5.93. The van der Waals surface area contributed by atoms with Crippen LogP contribution in [0.5, 0.6) is 0 Å². The number of amides is 1. The number of nitrogens with zero attached hydrogens (tertiary/aromatic N) is 4. The number of para-hydroxylation sites is 1. The van der Waals surface area contributed by atoms with Crippen LogP contribution in [0.3, 0.4) is 0 Å². The lowest BCUT2D eigenvalue weighted by Crippen LogP contribution is -2.45. The molecule has 2 aliphatic heterocycles. The highest BCUT2D eigenvalue weighted by atomic mass is 32.1. The van der Waals surface area contributed by atoms with Gasteiger partial charge in [0.2, 0.25) is 0 Å². The molecule has 28 heavy (non-hydrogen) atoms. The molecular formula is C21H29N5OS. The Morgan fingerprint density at radius 1 is 1.00 bits per heavy atom. The van der Waals surface area contributed by atoms with E-state index in [1.165, 1.54) is 18.5 Å². The third-order valence-corrected chi connectivity index (χ3v) is 6.38. The van der Waals surface area contributed by atoms with E-state index in [9.17, 15) is 4.79 Å². The fourth-order valence-electron chi connectivity index (χ4n) is 3.91. The second-order valence-corrected chi connectivity index (χ2v) is 8.47. The van der Waals surface area contributed by atoms with Gasteiger partial charge >= 0.3 is 0 Å². The number of anilines is 1. The van der Waals surface area contributed by atoms with Gasteiger partial charge < -0.3 is 15.1 Å². The maximum absolute atomic E-state index is 12.3. The van der Waals surface area contributed by atoms with Crippen LogP contribution in [0.2, 0.25) is 0 Å². The first-order chi connectivity index (χ1) is 13.8. The van der Waals surface area contributed by atoms with Crippen molar-refractivity contribution in [3.63, 3.8) is 0 Å². The molecule has 2 fully saturated rings. The molecule has 0 spiro atoms. The van der Waals surface area contributed by atoms with Crippen LogP contribution in [0.4, 0.5) is 5.69 Å². The number of hydrogen-bond acceptors (Lipinski definition) is 6. The van der Waals surface area contributed by atoms with Gasteiger partial charge in [-0.15, -0.1) is 11.3 Å². The Balaban J connectivity index is 1.21. The van der Waals surface area contributed by atoms with Gasteiger partial charge in [0.25, 0.3) is 5.91 Å². The molecule has 6 nitrogen and oxygen atoms in total. The van der Waals surface area contributed by atoms with Crippen molar-refractivity contribution in [2.45, 2.75) is 19.4 Å². The van der Waals surface area contributed by atoms with Crippen molar-refractivity contribution < 1.29 is 4.79 Å². The molecule has 0 atom stereocenters. The van der Waals surface area contributed by atoms with Gasteiger partial charge in [-0.3, -0.25) is 9.69 Å². The number of carbonyl (C=O) groups is 1. The number of thiazole rings is 1. The van der Waals surface area contributed by atoms with Crippen molar-refractivity contribution in [1.29, 1.82) is 0 Å². The lowest BCUT2D eigenvalue weighted by molar-refractivity contribution is 0.0945. The van der Waals surface area contributed by atoms with Crippen LogP contribution < -0.4 is 10.2 Å². The van der Waals surface area contributed by atoms with Crippen molar-refractivity contribution >= 4 is 22.9 Å². The molecule has 1 amide bonds. The zero-order valence-electron chi connectivity index (χ0n) is 16.3. The first kappa shape index (κ1) is 19.4. The number of aromatic nitrogens is 1. The summed E-state index contributed by atoms with van der Waals surface area (Å²) >= 11 is 1.59. The Morgan fingerprint density at radius 3 is 2.50 bits per heavy atom. The summed E-state index contributed by atoms with van der Waals surface area (Å²) in [5.74, 6) is -0.0457. The molecule has 2 aliphatic rings. The predicted octanol–water partition coefficient (Wildman–Crippen LogP) is 2.29. The van der Waals surface area contributed by atoms with Crippen LogP contribution in [0.15, 0.2) is 35.7 Å². The number of piperazine rings is 1. The molecule has 2 saturated heterocycles. The molecular weight excluding hydrogens is 370 g/mol. The van der Waals surface area contributed by atoms with Crippen LogP contribution in [0, 0.1) is 0 Å². The van der Waals surface area contributed by atoms with Crippen LogP contribution in [-0.4, -0.2) is 73.0 Å². The fraction of sp³-hybridized carbons (Fsp3) is 0.524. The molecule has 1 N–H and O–H groups in total. The summed E-state index contributed by atoms with van der Waals surface area (Å²) in [6, 6.07) is 10.6. The minimum atomic E-state index is -0.0457. The van der Waals surface area contributed by atoms with Gasteiger partial charge in [0.15, 0.2) is 0 Å². The van der Waals surface area contributed by atoms with Gasteiger partial charge in [-0.2, -0.15) is 0 Å². The molecule has 2 aromatic rings. The highest BCUT2D eigenvalue weighted by Crippen LogP contribution is 2.18. The molecule has 3 heterocycles. The van der Waals surface area contributed by atoms with Crippen molar-refractivity contribution in [2.24, 2.45) is 0 Å². The summed E-state index contributed by atoms with van der Waals surface area (Å²) in [6.07, 6.45) is 2.56. The van der Waals surface area contributed by atoms with Gasteiger partial charge in [0, 0.05) is 50.3 Å². The van der Waals surface area contributed by atoms with Gasteiger partial charge in [0.05, 0.1) is 6.54 Å². The third kappa shape index (κ3) is 5.10. The first-order valence-corrected chi connectivity index (χ1v) is 11.1. The number of benzene rings is 1. The second kappa shape index (κ2) is 9.49. The van der Waals surface area contributed by atoms with E-state index in [4.69, 9.17) is 0 Å². The lowest BCUT2D eigenvalue weighted by Gasteiger charge is -2.35. The number of hydrogen-bond donors (Lipinski definition) is 1. The molecule has 0 radical (unpaired) electrons. The average Bonchev–Trinajstić information content (AvgIpc) is 3.41. The first-order valence-electron chi connectivity index (χ1n) is 10.3. The molecule has 150 valence electrons. The van der Waals surface area contributed by atoms with E-state index >= 15 is 0 Å². The van der Waals surface area contributed by atoms with Gasteiger partial charge in [0.1, 0.15) is 10.7 Å². The van der Waals surface area contributed by atoms with Gasteiger partial charge in [-0.25, -0.2) is 4.98 Å². The maximum atomic E-state index is 12.3. The van der Waals surface area contributed by atoms with Crippen molar-refractivity contribution in [2.75, 3.05) is 57.3 Å². The van der Waals surface area contributed by atoms with Crippen molar-refractivity contribution in [3.8, 4) is 0 Å². The minimum Gasteiger partial charge on any atom is -0.369 e. The van der Waals surface area contributed by atoms with E-state index in [0.717, 1.165) is 57.4 Å². The van der Waals surface area contributed by atoms with E-state index in [1.807, 2.05) is 5.38 Å². The largest absolute Gasteiger partial charge is 0.369 e. The second-order valence-electron chi connectivity index (χ2n) is 7.53. The molecule has 0 unspecified atom stereocenters. The normalized spacial score (nSPS) is 18.5. The number of carbonyl (C=O) groups excluding carboxylic acids is 1. The molecule has 0 aliphatic carbocycles. The fourth-order valence-corrected chi connectivity index (χ4v) is 4.72. The summed E-state index contributed by atoms with van der Waals surface area (Å²) < 4.78 is 0. The Labute approximate surface area is 171 Å². The quantitative estimate of drug-likeness (QED) is 0.774. The summed E-state index contributed by atoms with van der Waals surface area (Å²) in [5.41, 5.74) is 1.86. The Hall–Kier alpha value is -1.96. The maximum Gasteiger partial charge on any atom is 0.270 e. The zero-order valence-corrected chi connectivity index (χ0v) is 17.2. The molecule has 0 bridgehead atoms. The number of likely N-dealkylation sites (tertiary alicyclic amines) is 1. The predicted molar refractivity (Wildman–Crippen MR) is 114 cm³/mol. The Morgan fingerprint density at radius 2 is 1.75 bits per heavy atom. The van der Waals surface area contributed by atoms with E-state index in [2.05, 4.69) is 55.3 Å². The molecule has 7 heteroatoms. The SMILES string of the molecule is O=C(NCCN1CCCC1)c1csc(CN2CCN(c3ccccc3)CC2)n1. The van der Waals surface area contributed by atoms with Crippen molar-refractivity contribution in [1.82, 2.24) is 20.1 Å². The summed E-state index contributed by atoms with van der Waals surface area (Å²) in [4.78, 5) is 24.1. The number of rotatable bonds is 7. The zero-order chi connectivity index (χ0) is 19.2. The molecule has 0 saturated carbocycles. The van der Waals surface area contributed by atoms with Gasteiger partial charge in [-0.1, -0.05) is 18.2 Å². The highest BCUT2D eigenvalue weighted by Gasteiger charge is 2.19. The Bertz CT molecular complexity index is 751. The average molecular weight is 400 g/mol. The summed E-state index contributed by atoms with van der Waals surface area (Å²) in [7, 11) is 0. The van der Waals surface area contributed by atoms with Gasteiger partial charge in [-0.05, 0) is 38.1 Å². The molecule has 4 rings (SSSR count). The highest BCUT2D eigenvalue weighted by molar-refractivity contribution is 7.09. The topological polar surface area (TPSA) is 51.7 Å². The van der Waals surface area contributed by atoms with Crippen LogP contribution >= 0.6 is 11.3 Å². The van der Waals surface area contributed by atoms with E-state index in [0.29, 0.717) is 12.2 Å². The lowest BCUT2D eigenvalue weighted by atomic mass is 10.2. The number of nitrogens with one attached hydrogen (secondary N) is 1. The van der Waals surface area contributed by atoms with Crippen LogP contribution in [0.25, 0.3) is 0 Å². The molecule has 1 aromatic carbocycles. The van der Waals surface area contributed by atoms with Crippen LogP contribution in [-0.2, 0) is 6.54 Å². The molecule has 1 aromatic heterocycles. The standard InChI is InChI=1S/C21H29N5OS/c27-21(22-8-11-24-9-4-5-10-24)19-17-28-20(23-19)16-25-12-14-26(15-13-25)18-6-2-1-3-7-18/h1-3,6-7,17H,4-5,8-16H2,(H,22,27). The monoisotopic (exact) mass is 399 g/mol. The van der Waals surface area contributed by atoms with E-state index in [1.54, 1.807) is 11.3 Å². The van der Waals surface area contributed by atoms with Crippen molar-refractivity contribution in [3.05, 3.63) is 46.4 Å². The summed E-state index contributed by atoms with van der Waals surface area (Å²) in [6.45, 7) is 8.88.